The zero-order valence-corrected chi connectivity index (χ0v) is 21.7. The number of nitrogens with one attached hydrogen (secondary N) is 4. The Balaban J connectivity index is 1.63. The molecule has 3 aromatic heterocycles. The third-order valence-electron chi connectivity index (χ3n) is 5.24. The van der Waals surface area contributed by atoms with E-state index in [0.717, 1.165) is 24.3 Å². The number of aromatic nitrogens is 3. The summed E-state index contributed by atoms with van der Waals surface area (Å²) in [6.45, 7) is 3.09. The molecule has 0 aliphatic rings. The summed E-state index contributed by atoms with van der Waals surface area (Å²) < 4.78 is 3.24. The average Bonchev–Trinajstić information content (AvgIpc) is 3.47. The fourth-order valence-electron chi connectivity index (χ4n) is 3.51. The highest BCUT2D eigenvalue weighted by Gasteiger charge is 2.19. The van der Waals surface area contributed by atoms with Gasteiger partial charge in [0, 0.05) is 33.0 Å². The van der Waals surface area contributed by atoms with Crippen LogP contribution in [0.2, 0.25) is 0 Å². The van der Waals surface area contributed by atoms with E-state index in [1.807, 2.05) is 19.0 Å². The molecule has 192 valence electrons. The van der Waals surface area contributed by atoms with E-state index in [0.29, 0.717) is 51.4 Å². The van der Waals surface area contributed by atoms with Crippen molar-refractivity contribution in [2.75, 3.05) is 43.1 Å². The summed E-state index contributed by atoms with van der Waals surface area (Å²) in [5, 5.41) is 11.2. The van der Waals surface area contributed by atoms with Crippen LogP contribution in [0.4, 0.5) is 16.5 Å². The molecule has 0 unspecified atom stereocenters. The van der Waals surface area contributed by atoms with Crippen molar-refractivity contribution < 1.29 is 19.2 Å². The van der Waals surface area contributed by atoms with Crippen LogP contribution < -0.4 is 21.3 Å². The molecule has 0 fully saturated rings. The Morgan fingerprint density at radius 2 is 1.58 bits per heavy atom. The van der Waals surface area contributed by atoms with Crippen LogP contribution >= 0.6 is 11.3 Å². The number of carbonyl (C=O) groups is 4. The van der Waals surface area contributed by atoms with E-state index >= 15 is 0 Å². The molecule has 0 saturated carbocycles. The first-order chi connectivity index (χ1) is 17.1. The van der Waals surface area contributed by atoms with E-state index in [9.17, 15) is 19.2 Å². The van der Waals surface area contributed by atoms with E-state index in [4.69, 9.17) is 0 Å². The lowest BCUT2D eigenvalue weighted by atomic mass is 10.3. The Kier molecular flexibility index (Phi) is 8.61. The Morgan fingerprint density at radius 3 is 2.17 bits per heavy atom. The molecule has 0 bridgehead atoms. The number of hydrogen-bond donors (Lipinski definition) is 4. The molecule has 0 aliphatic carbocycles. The number of nitrogens with zero attached hydrogens (tertiary/aromatic N) is 4. The third-order valence-corrected chi connectivity index (χ3v) is 6.33. The first-order valence-corrected chi connectivity index (χ1v) is 12.0. The number of carbonyl (C=O) groups excluding carboxylic acids is 4. The minimum absolute atomic E-state index is 0.217. The average molecular weight is 515 g/mol. The van der Waals surface area contributed by atoms with Crippen LogP contribution in [0.15, 0.2) is 24.5 Å². The van der Waals surface area contributed by atoms with Crippen molar-refractivity contribution in [1.82, 2.24) is 24.3 Å². The van der Waals surface area contributed by atoms with Gasteiger partial charge in [0.15, 0.2) is 5.13 Å². The quantitative estimate of drug-likeness (QED) is 0.227. The maximum absolute atomic E-state index is 12.9. The lowest BCUT2D eigenvalue weighted by molar-refractivity contribution is -0.105. The predicted molar refractivity (Wildman–Crippen MR) is 139 cm³/mol. The van der Waals surface area contributed by atoms with Gasteiger partial charge in [0.25, 0.3) is 17.7 Å². The van der Waals surface area contributed by atoms with Gasteiger partial charge in [0.05, 0.1) is 17.1 Å². The molecule has 0 atom stereocenters. The molecular formula is C23H30N8O4S. The fourth-order valence-corrected chi connectivity index (χ4v) is 4.33. The van der Waals surface area contributed by atoms with Gasteiger partial charge in [-0.15, -0.1) is 0 Å². The van der Waals surface area contributed by atoms with Crippen LogP contribution in [-0.2, 0) is 18.9 Å². The second-order valence-corrected chi connectivity index (χ2v) is 9.47. The minimum atomic E-state index is -0.397. The summed E-state index contributed by atoms with van der Waals surface area (Å²) >= 11 is 1.05. The van der Waals surface area contributed by atoms with Crippen molar-refractivity contribution in [3.05, 3.63) is 46.5 Å². The molecule has 36 heavy (non-hydrogen) atoms. The van der Waals surface area contributed by atoms with Crippen LogP contribution in [0.5, 0.6) is 0 Å². The van der Waals surface area contributed by atoms with Gasteiger partial charge in [0.2, 0.25) is 6.41 Å². The van der Waals surface area contributed by atoms with E-state index in [1.54, 1.807) is 54.7 Å². The number of rotatable bonds is 11. The molecule has 0 radical (unpaired) electrons. The van der Waals surface area contributed by atoms with Gasteiger partial charge < -0.3 is 35.3 Å². The van der Waals surface area contributed by atoms with Crippen LogP contribution in [0, 0.1) is 6.92 Å². The summed E-state index contributed by atoms with van der Waals surface area (Å²) in [7, 11) is 7.37. The van der Waals surface area contributed by atoms with Gasteiger partial charge in [-0.05, 0) is 46.1 Å². The van der Waals surface area contributed by atoms with Gasteiger partial charge >= 0.3 is 0 Å². The highest BCUT2D eigenvalue weighted by Crippen LogP contribution is 2.24. The maximum atomic E-state index is 12.9. The van der Waals surface area contributed by atoms with E-state index in [1.165, 1.54) is 0 Å². The lowest BCUT2D eigenvalue weighted by Gasteiger charge is -2.10. The summed E-state index contributed by atoms with van der Waals surface area (Å²) in [5.41, 5.74) is 2.13. The molecule has 0 spiro atoms. The zero-order chi connectivity index (χ0) is 26.4. The Morgan fingerprint density at radius 1 is 1.00 bits per heavy atom. The normalized spacial score (nSPS) is 10.8. The summed E-state index contributed by atoms with van der Waals surface area (Å²) in [5.74, 6) is -1.01. The summed E-state index contributed by atoms with van der Waals surface area (Å²) in [4.78, 5) is 55.2. The molecule has 0 aromatic carbocycles. The molecule has 4 N–H and O–H groups in total. The molecular weight excluding hydrogens is 484 g/mol. The number of anilines is 3. The van der Waals surface area contributed by atoms with Gasteiger partial charge in [-0.25, -0.2) is 4.98 Å². The van der Waals surface area contributed by atoms with Crippen LogP contribution in [0.3, 0.4) is 0 Å². The van der Waals surface area contributed by atoms with Gasteiger partial charge in [-0.1, -0.05) is 11.3 Å². The van der Waals surface area contributed by atoms with Crippen molar-refractivity contribution in [2.45, 2.75) is 13.3 Å². The summed E-state index contributed by atoms with van der Waals surface area (Å²) in [6, 6.07) is 3.16. The van der Waals surface area contributed by atoms with Gasteiger partial charge in [-0.3, -0.25) is 19.2 Å². The van der Waals surface area contributed by atoms with Crippen LogP contribution in [0.1, 0.15) is 42.8 Å². The minimum Gasteiger partial charge on any atom is -0.351 e. The lowest BCUT2D eigenvalue weighted by Crippen LogP contribution is -2.28. The maximum Gasteiger partial charge on any atom is 0.272 e. The Bertz CT molecular complexity index is 1270. The van der Waals surface area contributed by atoms with Crippen LogP contribution in [-0.4, -0.2) is 70.3 Å². The zero-order valence-electron chi connectivity index (χ0n) is 20.8. The number of hydrogen-bond acceptors (Lipinski definition) is 7. The summed E-state index contributed by atoms with van der Waals surface area (Å²) in [6.07, 6.45) is 4.61. The third kappa shape index (κ3) is 6.58. The standard InChI is InChI=1S/C23H30N8O4S/c1-14-19(36-23(26-14)25-13-32)22(35)28-16-10-18(31(5)12-16)21(34)27-15-9-17(30(4)11-15)20(33)24-7-6-8-29(2)3/h9-13H,6-8H2,1-5H3,(H,24,33)(H,27,34)(H,28,35)(H,25,26,32). The SMILES string of the molecule is Cc1nc(NC=O)sc1C(=O)Nc1cc(C(=O)Nc2cc(C(=O)NCCCN(C)C)n(C)c2)n(C)c1. The second kappa shape index (κ2) is 11.6. The fraction of sp³-hybridized carbons (Fsp3) is 0.348. The van der Waals surface area contributed by atoms with Crippen molar-refractivity contribution in [3.63, 3.8) is 0 Å². The molecule has 3 heterocycles. The van der Waals surface area contributed by atoms with E-state index in [2.05, 4.69) is 26.3 Å². The van der Waals surface area contributed by atoms with E-state index < -0.39 is 11.8 Å². The number of thiazole rings is 1. The van der Waals surface area contributed by atoms with Gasteiger partial charge in [-0.2, -0.15) is 0 Å². The predicted octanol–water partition coefficient (Wildman–Crippen LogP) is 1.88. The molecule has 12 nitrogen and oxygen atoms in total. The first-order valence-electron chi connectivity index (χ1n) is 11.1. The number of amides is 4. The highest BCUT2D eigenvalue weighted by atomic mass is 32.1. The molecule has 3 rings (SSSR count). The van der Waals surface area contributed by atoms with Crippen molar-refractivity contribution in [1.29, 1.82) is 0 Å². The Labute approximate surface area is 212 Å². The van der Waals surface area contributed by atoms with E-state index in [-0.39, 0.29) is 5.91 Å². The number of aryl methyl sites for hydroxylation is 3. The molecule has 4 amide bonds. The van der Waals surface area contributed by atoms with Gasteiger partial charge in [0.1, 0.15) is 16.3 Å². The smallest absolute Gasteiger partial charge is 0.272 e. The molecule has 0 saturated heterocycles. The topological polar surface area (TPSA) is 142 Å². The largest absolute Gasteiger partial charge is 0.351 e. The van der Waals surface area contributed by atoms with Crippen molar-refractivity contribution >= 4 is 52.0 Å². The highest BCUT2D eigenvalue weighted by molar-refractivity contribution is 7.17. The Hall–Kier alpha value is -3.97. The van der Waals surface area contributed by atoms with Crippen molar-refractivity contribution in [2.24, 2.45) is 14.1 Å². The first kappa shape index (κ1) is 26.6. The second-order valence-electron chi connectivity index (χ2n) is 8.47. The molecule has 13 heteroatoms. The van der Waals surface area contributed by atoms with Crippen LogP contribution in [0.25, 0.3) is 0 Å². The molecule has 0 aliphatic heterocycles. The monoisotopic (exact) mass is 514 g/mol. The van der Waals surface area contributed by atoms with Crippen molar-refractivity contribution in [3.8, 4) is 0 Å². The molecule has 3 aromatic rings.